The van der Waals surface area contributed by atoms with Crippen LogP contribution in [-0.2, 0) is 4.74 Å². The van der Waals surface area contributed by atoms with E-state index >= 15 is 0 Å². The second-order valence-corrected chi connectivity index (χ2v) is 5.47. The minimum atomic E-state index is -0.347. The summed E-state index contributed by atoms with van der Waals surface area (Å²) in [7, 11) is 0. The number of ether oxygens (including phenoxy) is 1. The maximum absolute atomic E-state index is 13.3. The Balaban J connectivity index is 1.85. The number of thioether (sulfide) groups is 1. The highest BCUT2D eigenvalue weighted by Gasteiger charge is 2.19. The van der Waals surface area contributed by atoms with E-state index in [1.807, 2.05) is 6.07 Å². The number of hydrogen-bond donors (Lipinski definition) is 1. The van der Waals surface area contributed by atoms with Crippen LogP contribution >= 0.6 is 11.8 Å². The molecule has 0 bridgehead atoms. The van der Waals surface area contributed by atoms with Gasteiger partial charge < -0.3 is 10.5 Å². The number of nitrogens with zero attached hydrogens (tertiary/aromatic N) is 1. The number of halogens is 1. The molecule has 0 spiro atoms. The molecule has 1 aliphatic rings. The number of nitrogen functional groups attached to an aromatic ring is 1. The van der Waals surface area contributed by atoms with E-state index in [1.54, 1.807) is 17.8 Å². The van der Waals surface area contributed by atoms with Gasteiger partial charge in [-0.15, -0.1) is 11.8 Å². The molecule has 1 aliphatic heterocycles. The Bertz CT molecular complexity index is 403. The number of benzene rings is 1. The lowest BCUT2D eigenvalue weighted by atomic mass is 10.3. The second kappa shape index (κ2) is 6.41. The number of rotatable bonds is 4. The molecule has 1 heterocycles. The van der Waals surface area contributed by atoms with Crippen LogP contribution in [0, 0.1) is 5.82 Å². The Labute approximate surface area is 111 Å². The van der Waals surface area contributed by atoms with Gasteiger partial charge in [0.05, 0.1) is 18.4 Å². The summed E-state index contributed by atoms with van der Waals surface area (Å²) in [5.41, 5.74) is 5.65. The molecule has 1 fully saturated rings. The molecule has 0 aromatic heterocycles. The van der Waals surface area contributed by atoms with E-state index in [-0.39, 0.29) is 17.6 Å². The third-order valence-corrected chi connectivity index (χ3v) is 4.20. The molecule has 0 saturated carbocycles. The third-order valence-electron chi connectivity index (χ3n) is 3.08. The number of hydrogen-bond acceptors (Lipinski definition) is 4. The van der Waals surface area contributed by atoms with Gasteiger partial charge in [-0.25, -0.2) is 4.39 Å². The SMILES string of the molecule is CCN1CCOC(CSc2ccc(N)c(F)c2)C1. The van der Waals surface area contributed by atoms with Crippen LogP contribution in [0.3, 0.4) is 0 Å². The van der Waals surface area contributed by atoms with Gasteiger partial charge in [0, 0.05) is 23.7 Å². The summed E-state index contributed by atoms with van der Waals surface area (Å²) < 4.78 is 19.0. The predicted molar refractivity (Wildman–Crippen MR) is 73.4 cm³/mol. The van der Waals surface area contributed by atoms with Crippen LogP contribution in [0.25, 0.3) is 0 Å². The first-order valence-electron chi connectivity index (χ1n) is 6.21. The molecule has 2 N–H and O–H groups in total. The van der Waals surface area contributed by atoms with E-state index in [1.165, 1.54) is 6.07 Å². The van der Waals surface area contributed by atoms with Crippen molar-refractivity contribution in [2.75, 3.05) is 37.7 Å². The van der Waals surface area contributed by atoms with Gasteiger partial charge in [0.2, 0.25) is 0 Å². The van der Waals surface area contributed by atoms with Crippen molar-refractivity contribution >= 4 is 17.4 Å². The molecule has 1 unspecified atom stereocenters. The van der Waals surface area contributed by atoms with E-state index in [2.05, 4.69) is 11.8 Å². The van der Waals surface area contributed by atoms with Gasteiger partial charge in [0.1, 0.15) is 5.82 Å². The van der Waals surface area contributed by atoms with Gasteiger partial charge in [-0.1, -0.05) is 6.92 Å². The van der Waals surface area contributed by atoms with E-state index in [0.717, 1.165) is 36.9 Å². The fourth-order valence-corrected chi connectivity index (χ4v) is 2.89. The third kappa shape index (κ3) is 3.60. The molecule has 5 heteroatoms. The van der Waals surface area contributed by atoms with Crippen molar-refractivity contribution < 1.29 is 9.13 Å². The highest BCUT2D eigenvalue weighted by molar-refractivity contribution is 7.99. The standard InChI is InChI=1S/C13H19FN2OS/c1-2-16-5-6-17-10(8-16)9-18-11-3-4-13(15)12(14)7-11/h3-4,7,10H,2,5-6,8-9,15H2,1H3. The van der Waals surface area contributed by atoms with Crippen LogP contribution in [0.15, 0.2) is 23.1 Å². The summed E-state index contributed by atoms with van der Waals surface area (Å²) in [5, 5.41) is 0. The fourth-order valence-electron chi connectivity index (χ4n) is 1.96. The zero-order valence-corrected chi connectivity index (χ0v) is 11.4. The first kappa shape index (κ1) is 13.6. The number of morpholine rings is 1. The highest BCUT2D eigenvalue weighted by Crippen LogP contribution is 2.24. The minimum Gasteiger partial charge on any atom is -0.396 e. The first-order valence-corrected chi connectivity index (χ1v) is 7.19. The molecule has 100 valence electrons. The van der Waals surface area contributed by atoms with Gasteiger partial charge in [-0.2, -0.15) is 0 Å². The molecular formula is C13H19FN2OS. The minimum absolute atomic E-state index is 0.199. The van der Waals surface area contributed by atoms with Crippen molar-refractivity contribution in [1.82, 2.24) is 4.90 Å². The van der Waals surface area contributed by atoms with Crippen LogP contribution < -0.4 is 5.73 Å². The topological polar surface area (TPSA) is 38.5 Å². The largest absolute Gasteiger partial charge is 0.396 e. The van der Waals surface area contributed by atoms with E-state index in [0.29, 0.717) is 0 Å². The summed E-state index contributed by atoms with van der Waals surface area (Å²) in [6, 6.07) is 4.95. The predicted octanol–water partition coefficient (Wildman–Crippen LogP) is 2.22. The average Bonchev–Trinajstić information content (AvgIpc) is 2.40. The lowest BCUT2D eigenvalue weighted by molar-refractivity contribution is -0.0137. The van der Waals surface area contributed by atoms with Gasteiger partial charge in [-0.05, 0) is 24.7 Å². The molecule has 0 radical (unpaired) electrons. The Morgan fingerprint density at radius 1 is 1.56 bits per heavy atom. The molecule has 2 rings (SSSR count). The first-order chi connectivity index (χ1) is 8.69. The quantitative estimate of drug-likeness (QED) is 0.672. The molecule has 1 aromatic rings. The lowest BCUT2D eigenvalue weighted by Gasteiger charge is -2.31. The van der Waals surface area contributed by atoms with Crippen molar-refractivity contribution in [3.05, 3.63) is 24.0 Å². The van der Waals surface area contributed by atoms with Crippen LogP contribution in [0.2, 0.25) is 0 Å². The smallest absolute Gasteiger partial charge is 0.147 e. The fraction of sp³-hybridized carbons (Fsp3) is 0.538. The normalized spacial score (nSPS) is 21.1. The van der Waals surface area contributed by atoms with Gasteiger partial charge in [-0.3, -0.25) is 4.90 Å². The Morgan fingerprint density at radius 2 is 2.39 bits per heavy atom. The summed E-state index contributed by atoms with van der Waals surface area (Å²) >= 11 is 1.62. The maximum Gasteiger partial charge on any atom is 0.147 e. The van der Waals surface area contributed by atoms with Gasteiger partial charge in [0.25, 0.3) is 0 Å². The molecular weight excluding hydrogens is 251 g/mol. The molecule has 1 aromatic carbocycles. The summed E-state index contributed by atoms with van der Waals surface area (Å²) in [6.45, 7) is 5.97. The average molecular weight is 270 g/mol. The second-order valence-electron chi connectivity index (χ2n) is 4.38. The highest BCUT2D eigenvalue weighted by atomic mass is 32.2. The van der Waals surface area contributed by atoms with E-state index in [9.17, 15) is 4.39 Å². The van der Waals surface area contributed by atoms with Crippen molar-refractivity contribution in [3.63, 3.8) is 0 Å². The van der Waals surface area contributed by atoms with E-state index in [4.69, 9.17) is 10.5 Å². The van der Waals surface area contributed by atoms with Gasteiger partial charge in [0.15, 0.2) is 0 Å². The van der Waals surface area contributed by atoms with Crippen molar-refractivity contribution in [2.24, 2.45) is 0 Å². The summed E-state index contributed by atoms with van der Waals surface area (Å²) in [5.74, 6) is 0.500. The molecule has 1 atom stereocenters. The Kier molecular flexibility index (Phi) is 4.86. The van der Waals surface area contributed by atoms with Crippen LogP contribution in [-0.4, -0.2) is 43.0 Å². The number of anilines is 1. The molecule has 3 nitrogen and oxygen atoms in total. The van der Waals surface area contributed by atoms with Crippen LogP contribution in [0.4, 0.5) is 10.1 Å². The maximum atomic E-state index is 13.3. The number of likely N-dealkylation sites (N-methyl/N-ethyl adjacent to an activating group) is 1. The molecule has 0 amide bonds. The zero-order valence-electron chi connectivity index (χ0n) is 10.6. The van der Waals surface area contributed by atoms with Crippen LogP contribution in [0.5, 0.6) is 0 Å². The summed E-state index contributed by atoms with van der Waals surface area (Å²) in [6.07, 6.45) is 0.226. The van der Waals surface area contributed by atoms with Crippen molar-refractivity contribution in [2.45, 2.75) is 17.9 Å². The molecule has 1 saturated heterocycles. The van der Waals surface area contributed by atoms with Gasteiger partial charge >= 0.3 is 0 Å². The van der Waals surface area contributed by atoms with Crippen molar-refractivity contribution in [1.29, 1.82) is 0 Å². The monoisotopic (exact) mass is 270 g/mol. The van der Waals surface area contributed by atoms with Crippen LogP contribution in [0.1, 0.15) is 6.92 Å². The van der Waals surface area contributed by atoms with Crippen molar-refractivity contribution in [3.8, 4) is 0 Å². The summed E-state index contributed by atoms with van der Waals surface area (Å²) in [4.78, 5) is 3.28. The molecule has 18 heavy (non-hydrogen) atoms. The number of nitrogens with two attached hydrogens (primary N) is 1. The molecule has 0 aliphatic carbocycles. The zero-order chi connectivity index (χ0) is 13.0. The Hall–Kier alpha value is -0.780. The Morgan fingerprint density at radius 3 is 3.11 bits per heavy atom. The lowest BCUT2D eigenvalue weighted by Crippen LogP contribution is -2.43. The van der Waals surface area contributed by atoms with E-state index < -0.39 is 0 Å².